The summed E-state index contributed by atoms with van der Waals surface area (Å²) < 4.78 is 72.2. The lowest BCUT2D eigenvalue weighted by Gasteiger charge is -2.53. The minimum absolute atomic E-state index is 0.103. The molecule has 26 N–H and O–H groups in total. The van der Waals surface area contributed by atoms with Crippen LogP contribution in [0.3, 0.4) is 0 Å². The average Bonchev–Trinajstić information content (AvgIpc) is 0.741. The van der Waals surface area contributed by atoms with Crippen molar-refractivity contribution in [3.63, 3.8) is 0 Å². The van der Waals surface area contributed by atoms with Crippen LogP contribution in [0.2, 0.25) is 0 Å². The number of carboxylic acid groups (broad SMARTS) is 3. The predicted octanol–water partition coefficient (Wildman–Crippen LogP) is -1.09. The molecule has 6 saturated heterocycles. The number of carboxylic acids is 3. The van der Waals surface area contributed by atoms with Gasteiger partial charge in [0.15, 0.2) is 18.9 Å². The Morgan fingerprint density at radius 1 is 0.394 bits per heavy atom. The third-order valence-electron chi connectivity index (χ3n) is 27.3. The van der Waals surface area contributed by atoms with E-state index in [1.165, 1.54) is 103 Å². The molecule has 0 bridgehead atoms. The van der Waals surface area contributed by atoms with Gasteiger partial charge in [0.25, 0.3) is 17.4 Å². The zero-order valence-electron chi connectivity index (χ0n) is 83.0. The first kappa shape index (κ1) is 125. The Hall–Kier alpha value is -5.54. The van der Waals surface area contributed by atoms with Gasteiger partial charge in [-0.2, -0.15) is 0 Å². The molecule has 6 aliphatic rings. The van der Waals surface area contributed by atoms with Crippen LogP contribution in [-0.4, -0.2) is 413 Å². The largest absolute Gasteiger partial charge is 0.477 e. The van der Waals surface area contributed by atoms with Crippen LogP contribution in [0.1, 0.15) is 286 Å². The number of nitrogens with one attached hydrogen (secondary N) is 4. The van der Waals surface area contributed by atoms with E-state index in [1.54, 1.807) is 0 Å². The fourth-order valence-corrected chi connectivity index (χ4v) is 19.3. The van der Waals surface area contributed by atoms with Crippen LogP contribution < -0.4 is 21.3 Å². The first-order chi connectivity index (χ1) is 67.6. The molecule has 0 aromatic rings. The Morgan fingerprint density at radius 2 is 0.768 bits per heavy atom. The maximum absolute atomic E-state index is 14.5. The smallest absolute Gasteiger partial charge is 0.364 e. The molecule has 6 aliphatic heterocycles. The topological polar surface area (TPSA) is 741 Å². The van der Waals surface area contributed by atoms with Crippen molar-refractivity contribution in [3.8, 4) is 0 Å². The molecular weight excluding hydrogens is 1880 g/mol. The normalized spacial score (nSPS) is 33.1. The lowest BCUT2D eigenvalue weighted by molar-refractivity contribution is -0.404. The predicted molar refractivity (Wildman–Crippen MR) is 497 cm³/mol. The summed E-state index contributed by atoms with van der Waals surface area (Å²) in [6, 6.07) is -7.20. The summed E-state index contributed by atoms with van der Waals surface area (Å²) in [5, 5.41) is 262. The number of amides is 4. The molecule has 3 unspecified atom stereocenters. The van der Waals surface area contributed by atoms with Crippen LogP contribution in [0, 0.1) is 5.92 Å². The van der Waals surface area contributed by atoms with Crippen molar-refractivity contribution < 1.29 is 208 Å². The van der Waals surface area contributed by atoms with E-state index in [4.69, 9.17) is 56.8 Å². The zero-order chi connectivity index (χ0) is 105. The number of aliphatic hydroxyl groups excluding tert-OH is 19. The Labute approximate surface area is 829 Å². The molecule has 0 aliphatic carbocycles. The third kappa shape index (κ3) is 37.6. The molecule has 824 valence electrons. The van der Waals surface area contributed by atoms with E-state index in [-0.39, 0.29) is 12.8 Å². The van der Waals surface area contributed by atoms with E-state index in [2.05, 4.69) is 47.3 Å². The van der Waals surface area contributed by atoms with E-state index >= 15 is 0 Å². The average molecular weight is 2050 g/mol. The van der Waals surface area contributed by atoms with Gasteiger partial charge in [-0.15, -0.1) is 0 Å². The fraction of sp³-hybridized carbons (Fsp3) is 0.896. The maximum Gasteiger partial charge on any atom is 0.364 e. The molecule has 0 spiro atoms. The van der Waals surface area contributed by atoms with Crippen molar-refractivity contribution >= 4 is 47.3 Å². The van der Waals surface area contributed by atoms with Gasteiger partial charge in [-0.05, 0) is 45.4 Å². The molecule has 0 aromatic heterocycles. The van der Waals surface area contributed by atoms with E-state index in [0.717, 1.165) is 118 Å². The Balaban J connectivity index is 1.27. The fourth-order valence-electron chi connectivity index (χ4n) is 19.3. The van der Waals surface area contributed by atoms with E-state index in [1.807, 2.05) is 0 Å². The second kappa shape index (κ2) is 64.1. The van der Waals surface area contributed by atoms with Crippen molar-refractivity contribution in [2.75, 3.05) is 46.2 Å². The number of carbonyl (C=O) groups excluding carboxylic acids is 5. The van der Waals surface area contributed by atoms with Crippen LogP contribution in [0.15, 0.2) is 12.2 Å². The van der Waals surface area contributed by atoms with Crippen LogP contribution in [0.25, 0.3) is 0 Å². The van der Waals surface area contributed by atoms with Gasteiger partial charge in [0.1, 0.15) is 122 Å². The number of Topliss-reactive ketones (excluding diaryl/α,β-unsaturated/α-hetero) is 1. The second-order valence-corrected chi connectivity index (χ2v) is 38.9. The number of unbranched alkanes of at least 4 members (excludes halogenated alkanes) is 29. The molecule has 46 nitrogen and oxygen atoms in total. The van der Waals surface area contributed by atoms with Gasteiger partial charge in [0.2, 0.25) is 23.6 Å². The Morgan fingerprint density at radius 3 is 1.17 bits per heavy atom. The van der Waals surface area contributed by atoms with Crippen molar-refractivity contribution in [2.24, 2.45) is 5.92 Å². The third-order valence-corrected chi connectivity index (χ3v) is 27.3. The minimum atomic E-state index is -3.71. The quantitative estimate of drug-likeness (QED) is 0.0254. The van der Waals surface area contributed by atoms with Crippen LogP contribution in [0.4, 0.5) is 0 Å². The first-order valence-corrected chi connectivity index (χ1v) is 51.0. The summed E-state index contributed by atoms with van der Waals surface area (Å²) in [6.07, 6.45) is -26.3. The summed E-state index contributed by atoms with van der Waals surface area (Å²) in [5.74, 6) is -23.5. The van der Waals surface area contributed by atoms with Crippen LogP contribution in [-0.2, 0) is 95.2 Å². The van der Waals surface area contributed by atoms with Crippen molar-refractivity contribution in [1.82, 2.24) is 21.3 Å². The summed E-state index contributed by atoms with van der Waals surface area (Å²) in [6.45, 7) is -0.494. The summed E-state index contributed by atoms with van der Waals surface area (Å²) in [4.78, 5) is 107. The molecule has 35 atom stereocenters. The molecule has 0 aromatic carbocycles. The molecule has 4 amide bonds. The van der Waals surface area contributed by atoms with Gasteiger partial charge in [-0.1, -0.05) is 199 Å². The molecule has 46 heteroatoms. The van der Waals surface area contributed by atoms with Gasteiger partial charge >= 0.3 is 17.9 Å². The number of hydrogen-bond donors (Lipinski definition) is 26. The number of aliphatic hydroxyl groups is 19. The maximum atomic E-state index is 14.5. The molecule has 6 fully saturated rings. The van der Waals surface area contributed by atoms with Gasteiger partial charge in [0.05, 0.1) is 101 Å². The SMILES string of the molecule is CCCCCCCCC=CCCCCCCCCCCCCCC(=O)N[C@@H](CO[C@@H]1O[C@H](CO)[C@@H](O[C@@H]2O[C@H](CO)[C@H](O[C@@H]3O[C@H](CO)[C@H](O)[C@H](O)[C@H]3CC(C)=O)[C@H](O[C@]3(C(=O)O)C[C@H](O)[C@@H](NC(C)=O)C([C@H](O)[C@@H](CO)O[C@]4(C(=O)O)C[C@H](O)[C@@H](NC(C)=O)C([C@H](O)[C@@H](CO)O[C@]5(C(=O)O)C[C@H](O)[C@@H](NC(C)=O)C([C@H](O)[C@H](O)CO)O5)O4)O3)[C@H]2O)[C@H](O)[C@H]1O)[C@H](O)CCCCCCCCCCCCCCC. The lowest BCUT2D eigenvalue weighted by atomic mass is 9.86. The highest BCUT2D eigenvalue weighted by molar-refractivity contribution is 5.79. The number of ketones is 1. The highest BCUT2D eigenvalue weighted by Gasteiger charge is 2.65. The van der Waals surface area contributed by atoms with Gasteiger partial charge in [0, 0.05) is 58.8 Å². The lowest BCUT2D eigenvalue weighted by Crippen LogP contribution is -2.72. The molecular formula is C96H168N4O42. The number of ether oxygens (including phenoxy) is 12. The number of allylic oxidation sites excluding steroid dienone is 2. The molecule has 142 heavy (non-hydrogen) atoms. The molecule has 0 radical (unpaired) electrons. The highest BCUT2D eigenvalue weighted by Crippen LogP contribution is 2.45. The highest BCUT2D eigenvalue weighted by atomic mass is 16.8. The van der Waals surface area contributed by atoms with Crippen LogP contribution in [0.5, 0.6) is 0 Å². The van der Waals surface area contributed by atoms with E-state index in [9.17, 15) is 151 Å². The van der Waals surface area contributed by atoms with E-state index < -0.39 is 332 Å². The number of rotatable bonds is 70. The van der Waals surface area contributed by atoms with Crippen molar-refractivity contribution in [1.29, 1.82) is 0 Å². The first-order valence-electron chi connectivity index (χ1n) is 51.0. The molecule has 6 heterocycles. The number of aliphatic carboxylic acids is 3. The monoisotopic (exact) mass is 2050 g/mol. The summed E-state index contributed by atoms with van der Waals surface area (Å²) in [5.41, 5.74) is 0. The van der Waals surface area contributed by atoms with Crippen LogP contribution >= 0.6 is 0 Å². The summed E-state index contributed by atoms with van der Waals surface area (Å²) >= 11 is 0. The number of hydrogen-bond acceptors (Lipinski definition) is 39. The molecule has 6 rings (SSSR count). The zero-order valence-corrected chi connectivity index (χ0v) is 83.0. The second-order valence-electron chi connectivity index (χ2n) is 38.9. The molecule has 0 saturated carbocycles. The van der Waals surface area contributed by atoms with Gasteiger partial charge < -0.3 is 195 Å². The van der Waals surface area contributed by atoms with Gasteiger partial charge in [-0.25, -0.2) is 14.4 Å². The van der Waals surface area contributed by atoms with Crippen molar-refractivity contribution in [2.45, 2.75) is 492 Å². The standard InChI is InChI=1S/C96H168N4O42/c1-7-9-11-13-15-17-19-21-22-23-24-25-26-27-28-30-32-34-36-38-40-42-70(116)100-59(60(111)41-39-37-35-33-31-29-20-18-16-14-12-10-8-2)53-131-89-80(123)79(122)82(68(51-105)133-89)135-90-81(124)87(83(69(52-106)134-90)136-88-58(43-54(3)107)74(117)76(119)65(48-102)132-88)142-96(93(129)130)46-63(114)73(99-57(6)110)86(141-96)78(121)67(50-104)138-95(92(127)128)45-62(113)72(98-56(5)109)85(140-95)77(120)66(49-103)137-94(91(125)126)44-61(112)71(97-55(4)108)84(139-94)75(118)64(115)47-101/h21-22,58-69,71-90,101-106,111-115,117-124H,7-20,23-53H2,1-6H3,(H,97,108)(H,98,109)(H,99,110)(H,100,116)(H,125,126)(H,127,128)(H,129,130)/t58-,59+,60-,61+,62+,63+,64-,65-,66-,67-,68-,69-,71-,72-,73-,74-,75-,76+,77-,78-,79-,80-,81-,82-,83+,84?,85?,86?,87-,88+,89-,90+,94-,95-,96+/m1/s1. The Bertz CT molecular complexity index is 3680. The summed E-state index contributed by atoms with van der Waals surface area (Å²) in [7, 11) is 0. The van der Waals surface area contributed by atoms with Gasteiger partial charge in [-0.3, -0.25) is 19.2 Å². The Kier molecular flexibility index (Phi) is 56.5. The minimum Gasteiger partial charge on any atom is -0.477 e. The van der Waals surface area contributed by atoms with Crippen molar-refractivity contribution in [3.05, 3.63) is 12.2 Å². The van der Waals surface area contributed by atoms with E-state index in [0.29, 0.717) is 12.8 Å². The number of carbonyl (C=O) groups is 8.